The number of carbonyl (C=O) groups is 1. The molecule has 0 radical (unpaired) electrons. The van der Waals surface area contributed by atoms with Crippen LogP contribution in [-0.2, 0) is 16.2 Å². The van der Waals surface area contributed by atoms with Gasteiger partial charge in [-0.3, -0.25) is 0 Å². The van der Waals surface area contributed by atoms with Gasteiger partial charge in [0.15, 0.2) is 0 Å². The number of hydrogen-bond acceptors (Lipinski definition) is 3. The van der Waals surface area contributed by atoms with Crippen molar-refractivity contribution in [2.24, 2.45) is 0 Å². The predicted molar refractivity (Wildman–Crippen MR) is 52.3 cm³/mol. The molecule has 1 aromatic rings. The zero-order valence-corrected chi connectivity index (χ0v) is 9.81. The van der Waals surface area contributed by atoms with Crippen LogP contribution in [0, 0.1) is 0 Å². The molecule has 0 amide bonds. The molecule has 3 nitrogen and oxygen atoms in total. The summed E-state index contributed by atoms with van der Waals surface area (Å²) in [5.74, 6) is -1.12. The second kappa shape index (κ2) is 4.90. The van der Waals surface area contributed by atoms with Gasteiger partial charge in [-0.05, 0) is 6.92 Å². The number of carbonyl (C=O) groups excluding carboxylic acids is 1. The van der Waals surface area contributed by atoms with Crippen LogP contribution < -0.4 is 0 Å². The van der Waals surface area contributed by atoms with Crippen LogP contribution in [-0.4, -0.2) is 12.6 Å². The molecule has 0 saturated heterocycles. The van der Waals surface area contributed by atoms with Gasteiger partial charge in [-0.1, -0.05) is 15.9 Å². The Morgan fingerprint density at radius 1 is 1.56 bits per heavy atom. The Balaban J connectivity index is 3.21. The standard InChI is InChI=1S/C9H8BrF3O3/c1-2-15-8(14)7-5(9(11,12)13)4-16-6(7)3-10/h4H,2-3H2,1H3. The average molecular weight is 301 g/mol. The fourth-order valence-corrected chi connectivity index (χ4v) is 1.54. The van der Waals surface area contributed by atoms with Gasteiger partial charge in [0.1, 0.15) is 23.2 Å². The van der Waals surface area contributed by atoms with Crippen LogP contribution in [0.4, 0.5) is 13.2 Å². The fourth-order valence-electron chi connectivity index (χ4n) is 1.13. The summed E-state index contributed by atoms with van der Waals surface area (Å²) in [6, 6.07) is 0. The minimum Gasteiger partial charge on any atom is -0.467 e. The van der Waals surface area contributed by atoms with Crippen LogP contribution in [0.2, 0.25) is 0 Å². The highest BCUT2D eigenvalue weighted by atomic mass is 79.9. The first-order valence-electron chi connectivity index (χ1n) is 4.32. The topological polar surface area (TPSA) is 39.4 Å². The van der Waals surface area contributed by atoms with E-state index in [1.54, 1.807) is 0 Å². The van der Waals surface area contributed by atoms with Crippen molar-refractivity contribution in [3.8, 4) is 0 Å². The van der Waals surface area contributed by atoms with Crippen molar-refractivity contribution in [2.75, 3.05) is 6.61 Å². The first kappa shape index (κ1) is 13.1. The number of alkyl halides is 4. The summed E-state index contributed by atoms with van der Waals surface area (Å²) in [5.41, 5.74) is -1.67. The van der Waals surface area contributed by atoms with Crippen LogP contribution in [0.15, 0.2) is 10.7 Å². The second-order valence-electron chi connectivity index (χ2n) is 2.80. The first-order valence-corrected chi connectivity index (χ1v) is 5.44. The van der Waals surface area contributed by atoms with E-state index in [-0.39, 0.29) is 17.7 Å². The van der Waals surface area contributed by atoms with E-state index in [1.165, 1.54) is 6.92 Å². The van der Waals surface area contributed by atoms with Crippen molar-refractivity contribution in [1.82, 2.24) is 0 Å². The molecule has 0 aliphatic rings. The van der Waals surface area contributed by atoms with Gasteiger partial charge in [-0.2, -0.15) is 13.2 Å². The number of furan rings is 1. The van der Waals surface area contributed by atoms with Gasteiger partial charge in [0.2, 0.25) is 0 Å². The Bertz CT molecular complexity index is 384. The van der Waals surface area contributed by atoms with Crippen molar-refractivity contribution >= 4 is 21.9 Å². The zero-order valence-electron chi connectivity index (χ0n) is 8.23. The largest absolute Gasteiger partial charge is 0.467 e. The molecular formula is C9H8BrF3O3. The average Bonchev–Trinajstić information content (AvgIpc) is 2.60. The molecule has 0 bridgehead atoms. The summed E-state index contributed by atoms with van der Waals surface area (Å²) in [6.07, 6.45) is -4.12. The Kier molecular flexibility index (Phi) is 4.01. The smallest absolute Gasteiger partial charge is 0.420 e. The van der Waals surface area contributed by atoms with E-state index in [1.807, 2.05) is 0 Å². The summed E-state index contributed by atoms with van der Waals surface area (Å²) in [6.45, 7) is 1.52. The van der Waals surface area contributed by atoms with Crippen LogP contribution >= 0.6 is 15.9 Å². The summed E-state index contributed by atoms with van der Waals surface area (Å²) < 4.78 is 46.8. The van der Waals surface area contributed by atoms with Gasteiger partial charge in [-0.15, -0.1) is 0 Å². The molecule has 16 heavy (non-hydrogen) atoms. The normalized spacial score (nSPS) is 11.6. The molecule has 0 spiro atoms. The van der Waals surface area contributed by atoms with E-state index in [2.05, 4.69) is 25.1 Å². The van der Waals surface area contributed by atoms with Crippen LogP contribution in [0.3, 0.4) is 0 Å². The Labute approximate surface area is 97.7 Å². The Hall–Kier alpha value is -0.980. The summed E-state index contributed by atoms with van der Waals surface area (Å²) in [5, 5.41) is 0.0111. The molecule has 0 aromatic carbocycles. The first-order chi connectivity index (χ1) is 7.41. The van der Waals surface area contributed by atoms with Gasteiger partial charge in [0.25, 0.3) is 0 Å². The van der Waals surface area contributed by atoms with E-state index in [9.17, 15) is 18.0 Å². The molecule has 1 rings (SSSR count). The summed E-state index contributed by atoms with van der Waals surface area (Å²) >= 11 is 2.94. The minimum absolute atomic E-state index is 0.00301. The maximum absolute atomic E-state index is 12.5. The van der Waals surface area contributed by atoms with Crippen molar-refractivity contribution in [3.05, 3.63) is 23.2 Å². The van der Waals surface area contributed by atoms with E-state index in [0.717, 1.165) is 0 Å². The summed E-state index contributed by atoms with van der Waals surface area (Å²) in [7, 11) is 0. The lowest BCUT2D eigenvalue weighted by atomic mass is 10.1. The highest BCUT2D eigenvalue weighted by molar-refractivity contribution is 9.08. The monoisotopic (exact) mass is 300 g/mol. The Morgan fingerprint density at radius 3 is 2.62 bits per heavy atom. The van der Waals surface area contributed by atoms with Crippen LogP contribution in [0.5, 0.6) is 0 Å². The lowest BCUT2D eigenvalue weighted by molar-refractivity contribution is -0.138. The van der Waals surface area contributed by atoms with Crippen molar-refractivity contribution in [1.29, 1.82) is 0 Å². The van der Waals surface area contributed by atoms with E-state index >= 15 is 0 Å². The number of esters is 1. The van der Waals surface area contributed by atoms with Gasteiger partial charge in [0.05, 0.1) is 11.9 Å². The van der Waals surface area contributed by atoms with Crippen molar-refractivity contribution in [2.45, 2.75) is 18.4 Å². The molecular weight excluding hydrogens is 293 g/mol. The number of halogens is 4. The zero-order chi connectivity index (χ0) is 12.3. The lowest BCUT2D eigenvalue weighted by Crippen LogP contribution is -2.14. The number of hydrogen-bond donors (Lipinski definition) is 0. The number of rotatable bonds is 3. The van der Waals surface area contributed by atoms with Gasteiger partial charge >= 0.3 is 12.1 Å². The summed E-state index contributed by atoms with van der Waals surface area (Å²) in [4.78, 5) is 11.3. The molecule has 0 fully saturated rings. The van der Waals surface area contributed by atoms with Gasteiger partial charge in [0, 0.05) is 0 Å². The molecule has 0 atom stereocenters. The molecule has 1 heterocycles. The van der Waals surface area contributed by atoms with E-state index in [0.29, 0.717) is 6.26 Å². The third-order valence-electron chi connectivity index (χ3n) is 1.77. The molecule has 0 aliphatic carbocycles. The quantitative estimate of drug-likeness (QED) is 0.635. The van der Waals surface area contributed by atoms with E-state index in [4.69, 9.17) is 0 Å². The van der Waals surface area contributed by atoms with Gasteiger partial charge in [-0.25, -0.2) is 4.79 Å². The molecule has 90 valence electrons. The third-order valence-corrected chi connectivity index (χ3v) is 2.28. The number of ether oxygens (including phenoxy) is 1. The molecule has 0 saturated carbocycles. The third kappa shape index (κ3) is 2.58. The van der Waals surface area contributed by atoms with Crippen LogP contribution in [0.25, 0.3) is 0 Å². The lowest BCUT2D eigenvalue weighted by Gasteiger charge is -2.07. The van der Waals surface area contributed by atoms with Crippen molar-refractivity contribution < 1.29 is 27.1 Å². The highest BCUT2D eigenvalue weighted by Crippen LogP contribution is 2.35. The second-order valence-corrected chi connectivity index (χ2v) is 3.36. The van der Waals surface area contributed by atoms with Gasteiger partial charge < -0.3 is 9.15 Å². The SMILES string of the molecule is CCOC(=O)c1c(C(F)(F)F)coc1CBr. The fraction of sp³-hybridized carbons (Fsp3) is 0.444. The Morgan fingerprint density at radius 2 is 2.19 bits per heavy atom. The molecule has 1 aromatic heterocycles. The van der Waals surface area contributed by atoms with Crippen LogP contribution in [0.1, 0.15) is 28.6 Å². The molecule has 7 heteroatoms. The minimum atomic E-state index is -4.63. The van der Waals surface area contributed by atoms with E-state index < -0.39 is 23.3 Å². The highest BCUT2D eigenvalue weighted by Gasteiger charge is 2.39. The van der Waals surface area contributed by atoms with Crippen molar-refractivity contribution in [3.63, 3.8) is 0 Å². The molecule has 0 aliphatic heterocycles. The predicted octanol–water partition coefficient (Wildman–Crippen LogP) is 3.37. The maximum Gasteiger partial charge on any atom is 0.420 e. The molecule has 0 N–H and O–H groups in total. The molecule has 0 unspecified atom stereocenters. The maximum atomic E-state index is 12.5.